The largest absolute Gasteiger partial charge is 0.353 e. The van der Waals surface area contributed by atoms with Crippen LogP contribution in [0.1, 0.15) is 44.6 Å². The average Bonchev–Trinajstić information content (AvgIpc) is 2.57. The summed E-state index contributed by atoms with van der Waals surface area (Å²) in [6.45, 7) is 5.40. The van der Waals surface area contributed by atoms with E-state index in [4.69, 9.17) is 11.6 Å². The summed E-state index contributed by atoms with van der Waals surface area (Å²) in [6, 6.07) is 0.599. The third-order valence-electron chi connectivity index (χ3n) is 3.54. The van der Waals surface area contributed by atoms with Crippen molar-refractivity contribution in [3.63, 3.8) is 0 Å². The van der Waals surface area contributed by atoms with E-state index >= 15 is 0 Å². The molecule has 4 heteroatoms. The zero-order valence-electron chi connectivity index (χ0n) is 10.6. The molecule has 2 rings (SSSR count). The van der Waals surface area contributed by atoms with Crippen molar-refractivity contribution >= 4 is 17.4 Å². The number of aromatic nitrogens is 2. The molecule has 1 aromatic heterocycles. The molecule has 94 valence electrons. The fourth-order valence-electron chi connectivity index (χ4n) is 2.58. The first kappa shape index (κ1) is 12.6. The second-order valence-electron chi connectivity index (χ2n) is 4.75. The standard InChI is InChI=1S/C13H20ClN3/c1-3-11-7-5-4-6-8-17(11)12-10(2)9-15-13(14)16-12/h9,11H,3-8H2,1-2H3. The zero-order valence-corrected chi connectivity index (χ0v) is 11.4. The van der Waals surface area contributed by atoms with Gasteiger partial charge in [0, 0.05) is 24.3 Å². The first-order valence-corrected chi connectivity index (χ1v) is 6.86. The number of hydrogen-bond acceptors (Lipinski definition) is 3. The Hall–Kier alpha value is -0.830. The smallest absolute Gasteiger partial charge is 0.224 e. The summed E-state index contributed by atoms with van der Waals surface area (Å²) in [5.74, 6) is 1.03. The number of anilines is 1. The Balaban J connectivity index is 2.31. The lowest BCUT2D eigenvalue weighted by atomic mass is 10.1. The first-order valence-electron chi connectivity index (χ1n) is 6.48. The van der Waals surface area contributed by atoms with Crippen molar-refractivity contribution < 1.29 is 0 Å². The molecule has 0 bridgehead atoms. The predicted octanol–water partition coefficient (Wildman–Crippen LogP) is 3.60. The van der Waals surface area contributed by atoms with Crippen LogP contribution >= 0.6 is 11.6 Å². The molecule has 0 aliphatic carbocycles. The van der Waals surface area contributed by atoms with Gasteiger partial charge in [0.1, 0.15) is 5.82 Å². The molecule has 0 radical (unpaired) electrons. The second-order valence-corrected chi connectivity index (χ2v) is 5.09. The van der Waals surface area contributed by atoms with Crippen molar-refractivity contribution in [2.24, 2.45) is 0 Å². The van der Waals surface area contributed by atoms with Crippen molar-refractivity contribution in [2.75, 3.05) is 11.4 Å². The third-order valence-corrected chi connectivity index (χ3v) is 3.72. The molecule has 0 N–H and O–H groups in total. The van der Waals surface area contributed by atoms with Gasteiger partial charge in [-0.2, -0.15) is 0 Å². The number of halogens is 1. The SMILES string of the molecule is CCC1CCCCCN1c1nc(Cl)ncc1C. The number of rotatable bonds is 2. The summed E-state index contributed by atoms with van der Waals surface area (Å²) in [6.07, 6.45) is 8.15. The molecule has 1 aliphatic rings. The van der Waals surface area contributed by atoms with Crippen LogP contribution in [0.25, 0.3) is 0 Å². The van der Waals surface area contributed by atoms with E-state index < -0.39 is 0 Å². The number of hydrogen-bond donors (Lipinski definition) is 0. The highest BCUT2D eigenvalue weighted by Gasteiger charge is 2.22. The van der Waals surface area contributed by atoms with E-state index in [1.165, 1.54) is 32.1 Å². The van der Waals surface area contributed by atoms with E-state index in [1.807, 2.05) is 6.20 Å². The van der Waals surface area contributed by atoms with Gasteiger partial charge in [-0.15, -0.1) is 0 Å². The van der Waals surface area contributed by atoms with Gasteiger partial charge in [-0.1, -0.05) is 19.8 Å². The molecule has 1 saturated heterocycles. The quantitative estimate of drug-likeness (QED) is 0.754. The Labute approximate surface area is 108 Å². The molecule has 1 fully saturated rings. The maximum absolute atomic E-state index is 5.92. The first-order chi connectivity index (χ1) is 8.22. The molecule has 0 aromatic carbocycles. The van der Waals surface area contributed by atoms with Crippen LogP contribution in [-0.2, 0) is 0 Å². The molecular formula is C13H20ClN3. The van der Waals surface area contributed by atoms with Gasteiger partial charge in [-0.3, -0.25) is 0 Å². The molecule has 1 atom stereocenters. The summed E-state index contributed by atoms with van der Waals surface area (Å²) >= 11 is 5.92. The van der Waals surface area contributed by atoms with Crippen molar-refractivity contribution in [2.45, 2.75) is 52.0 Å². The molecule has 0 saturated carbocycles. The minimum atomic E-state index is 0.352. The van der Waals surface area contributed by atoms with Crippen LogP contribution in [0.2, 0.25) is 5.28 Å². The average molecular weight is 254 g/mol. The van der Waals surface area contributed by atoms with Gasteiger partial charge in [0.2, 0.25) is 5.28 Å². The highest BCUT2D eigenvalue weighted by Crippen LogP contribution is 2.27. The van der Waals surface area contributed by atoms with Gasteiger partial charge in [-0.25, -0.2) is 9.97 Å². The van der Waals surface area contributed by atoms with Crippen LogP contribution in [0.3, 0.4) is 0 Å². The summed E-state index contributed by atoms with van der Waals surface area (Å²) in [5, 5.41) is 0.352. The van der Waals surface area contributed by atoms with Crippen LogP contribution in [0, 0.1) is 6.92 Å². The Morgan fingerprint density at radius 3 is 3.00 bits per heavy atom. The van der Waals surface area contributed by atoms with Gasteiger partial charge in [-0.05, 0) is 37.8 Å². The minimum absolute atomic E-state index is 0.352. The fourth-order valence-corrected chi connectivity index (χ4v) is 2.71. The Morgan fingerprint density at radius 2 is 2.24 bits per heavy atom. The third kappa shape index (κ3) is 2.89. The van der Waals surface area contributed by atoms with E-state index in [1.54, 1.807) is 0 Å². The highest BCUT2D eigenvalue weighted by molar-refractivity contribution is 6.28. The predicted molar refractivity (Wildman–Crippen MR) is 71.7 cm³/mol. The van der Waals surface area contributed by atoms with E-state index in [-0.39, 0.29) is 0 Å². The monoisotopic (exact) mass is 253 g/mol. The van der Waals surface area contributed by atoms with Crippen LogP contribution in [0.5, 0.6) is 0 Å². The van der Waals surface area contributed by atoms with Gasteiger partial charge in [0.05, 0.1) is 0 Å². The molecule has 0 spiro atoms. The fraction of sp³-hybridized carbons (Fsp3) is 0.692. The van der Waals surface area contributed by atoms with Crippen LogP contribution in [0.15, 0.2) is 6.20 Å². The summed E-state index contributed by atoms with van der Waals surface area (Å²) in [5.41, 5.74) is 1.12. The lowest BCUT2D eigenvalue weighted by Gasteiger charge is -2.31. The molecule has 1 aromatic rings. The van der Waals surface area contributed by atoms with Crippen molar-refractivity contribution in [3.8, 4) is 0 Å². The van der Waals surface area contributed by atoms with Crippen LogP contribution in [0.4, 0.5) is 5.82 Å². The maximum Gasteiger partial charge on any atom is 0.224 e. The van der Waals surface area contributed by atoms with Crippen molar-refractivity contribution in [3.05, 3.63) is 17.0 Å². The minimum Gasteiger partial charge on any atom is -0.353 e. The molecule has 2 heterocycles. The number of nitrogens with zero attached hydrogens (tertiary/aromatic N) is 3. The second kappa shape index (κ2) is 5.67. The van der Waals surface area contributed by atoms with E-state index in [0.29, 0.717) is 11.3 Å². The Bertz CT molecular complexity index is 381. The molecule has 17 heavy (non-hydrogen) atoms. The van der Waals surface area contributed by atoms with Gasteiger partial charge in [0.15, 0.2) is 0 Å². The summed E-state index contributed by atoms with van der Waals surface area (Å²) < 4.78 is 0. The molecule has 1 unspecified atom stereocenters. The van der Waals surface area contributed by atoms with Crippen LogP contribution < -0.4 is 4.90 Å². The highest BCUT2D eigenvalue weighted by atomic mass is 35.5. The lowest BCUT2D eigenvalue weighted by Crippen LogP contribution is -2.35. The topological polar surface area (TPSA) is 29.0 Å². The van der Waals surface area contributed by atoms with Crippen molar-refractivity contribution in [1.29, 1.82) is 0 Å². The molecule has 1 aliphatic heterocycles. The summed E-state index contributed by atoms with van der Waals surface area (Å²) in [7, 11) is 0. The van der Waals surface area contributed by atoms with Gasteiger partial charge in [0.25, 0.3) is 0 Å². The van der Waals surface area contributed by atoms with E-state index in [0.717, 1.165) is 17.9 Å². The maximum atomic E-state index is 5.92. The Kier molecular flexibility index (Phi) is 4.21. The molecular weight excluding hydrogens is 234 g/mol. The van der Waals surface area contributed by atoms with E-state index in [2.05, 4.69) is 28.7 Å². The molecule has 0 amide bonds. The summed E-state index contributed by atoms with van der Waals surface area (Å²) in [4.78, 5) is 10.9. The normalized spacial score (nSPS) is 21.4. The lowest BCUT2D eigenvalue weighted by molar-refractivity contribution is 0.551. The van der Waals surface area contributed by atoms with Crippen molar-refractivity contribution in [1.82, 2.24) is 9.97 Å². The van der Waals surface area contributed by atoms with Gasteiger partial charge < -0.3 is 4.90 Å². The number of aryl methyl sites for hydroxylation is 1. The van der Waals surface area contributed by atoms with Gasteiger partial charge >= 0.3 is 0 Å². The molecule has 3 nitrogen and oxygen atoms in total. The van der Waals surface area contributed by atoms with Crippen LogP contribution in [-0.4, -0.2) is 22.6 Å². The van der Waals surface area contributed by atoms with E-state index in [9.17, 15) is 0 Å². The Morgan fingerprint density at radius 1 is 1.41 bits per heavy atom. The zero-order chi connectivity index (χ0) is 12.3.